The van der Waals surface area contributed by atoms with Crippen LogP contribution in [0.5, 0.6) is 0 Å². The highest BCUT2D eigenvalue weighted by Gasteiger charge is 2.30. The Labute approximate surface area is 117 Å². The van der Waals surface area contributed by atoms with Gasteiger partial charge in [-0.1, -0.05) is 13.8 Å². The summed E-state index contributed by atoms with van der Waals surface area (Å²) in [7, 11) is 0. The summed E-state index contributed by atoms with van der Waals surface area (Å²) in [5.74, 6) is 0. The maximum Gasteiger partial charge on any atom is 0.106 e. The molecule has 78 valence electrons. The topological polar surface area (TPSA) is 24.7 Å². The molecule has 0 atom stereocenters. The van der Waals surface area contributed by atoms with Gasteiger partial charge in [0.15, 0.2) is 0 Å². The SMILES string of the molecule is CC1(C)C2=CC(I)=NC(I)=C1C=CN=C2. The molecule has 4 heteroatoms. The van der Waals surface area contributed by atoms with Gasteiger partial charge in [0, 0.05) is 17.8 Å². The van der Waals surface area contributed by atoms with Crippen LogP contribution in [0.15, 0.2) is 43.2 Å². The third-order valence-electron chi connectivity index (χ3n) is 2.64. The van der Waals surface area contributed by atoms with E-state index in [-0.39, 0.29) is 5.41 Å². The van der Waals surface area contributed by atoms with Crippen LogP contribution in [-0.2, 0) is 0 Å². The lowest BCUT2D eigenvalue weighted by molar-refractivity contribution is 0.578. The molecular weight excluding hydrogens is 414 g/mol. The van der Waals surface area contributed by atoms with E-state index in [1.165, 1.54) is 11.1 Å². The molecule has 0 radical (unpaired) electrons. The monoisotopic (exact) mass is 424 g/mol. The molecule has 2 rings (SSSR count). The zero-order chi connectivity index (χ0) is 11.1. The first-order chi connectivity index (χ1) is 7.01. The number of aliphatic imine (C=N–C) groups is 2. The van der Waals surface area contributed by atoms with Gasteiger partial charge < -0.3 is 0 Å². The molecule has 0 aromatic heterocycles. The summed E-state index contributed by atoms with van der Waals surface area (Å²) in [5, 5.41) is 0. The number of hydrogen-bond acceptors (Lipinski definition) is 2. The first-order valence-corrected chi connectivity index (χ1v) is 6.74. The lowest BCUT2D eigenvalue weighted by atomic mass is 9.78. The van der Waals surface area contributed by atoms with Crippen LogP contribution in [0.25, 0.3) is 0 Å². The van der Waals surface area contributed by atoms with Crippen molar-refractivity contribution in [2.24, 2.45) is 15.4 Å². The maximum atomic E-state index is 4.54. The molecule has 2 nitrogen and oxygen atoms in total. The largest absolute Gasteiger partial charge is 0.264 e. The maximum absolute atomic E-state index is 4.54. The molecule has 0 aliphatic carbocycles. The second-order valence-corrected chi connectivity index (χ2v) is 6.08. The summed E-state index contributed by atoms with van der Waals surface area (Å²) in [5.41, 5.74) is 2.43. The smallest absolute Gasteiger partial charge is 0.106 e. The van der Waals surface area contributed by atoms with Gasteiger partial charge in [0.25, 0.3) is 0 Å². The molecule has 0 N–H and O–H groups in total. The van der Waals surface area contributed by atoms with Gasteiger partial charge in [-0.05, 0) is 68.5 Å². The number of rotatable bonds is 0. The van der Waals surface area contributed by atoms with E-state index < -0.39 is 0 Å². The normalized spacial score (nSPS) is 23.2. The third-order valence-corrected chi connectivity index (χ3v) is 4.01. The van der Waals surface area contributed by atoms with E-state index >= 15 is 0 Å². The molecule has 0 aromatic rings. The highest BCUT2D eigenvalue weighted by atomic mass is 127. The van der Waals surface area contributed by atoms with Crippen LogP contribution in [0.2, 0.25) is 0 Å². The zero-order valence-electron chi connectivity index (χ0n) is 8.46. The lowest BCUT2D eigenvalue weighted by Crippen LogP contribution is -2.17. The van der Waals surface area contributed by atoms with Crippen molar-refractivity contribution in [2.75, 3.05) is 0 Å². The molecule has 0 unspecified atom stereocenters. The third kappa shape index (κ3) is 2.11. The molecule has 2 heterocycles. The van der Waals surface area contributed by atoms with Gasteiger partial charge in [-0.3, -0.25) is 4.99 Å². The molecule has 15 heavy (non-hydrogen) atoms. The molecule has 0 fully saturated rings. The summed E-state index contributed by atoms with van der Waals surface area (Å²) < 4.78 is 2.06. The Morgan fingerprint density at radius 2 is 2.00 bits per heavy atom. The Morgan fingerprint density at radius 3 is 2.73 bits per heavy atom. The van der Waals surface area contributed by atoms with Crippen LogP contribution in [0, 0.1) is 5.41 Å². The molecule has 2 bridgehead atoms. The zero-order valence-corrected chi connectivity index (χ0v) is 12.8. The van der Waals surface area contributed by atoms with Crippen molar-refractivity contribution in [3.63, 3.8) is 0 Å². The van der Waals surface area contributed by atoms with Gasteiger partial charge in [-0.2, -0.15) is 0 Å². The van der Waals surface area contributed by atoms with Crippen molar-refractivity contribution in [2.45, 2.75) is 13.8 Å². The minimum absolute atomic E-state index is 0.0105. The predicted molar refractivity (Wildman–Crippen MR) is 82.0 cm³/mol. The summed E-state index contributed by atoms with van der Waals surface area (Å²) >= 11 is 4.54. The van der Waals surface area contributed by atoms with E-state index in [0.29, 0.717) is 0 Å². The Kier molecular flexibility index (Phi) is 3.16. The summed E-state index contributed by atoms with van der Waals surface area (Å²) in [6.45, 7) is 4.42. The van der Waals surface area contributed by atoms with Crippen molar-refractivity contribution >= 4 is 55.1 Å². The molecule has 2 aliphatic rings. The summed E-state index contributed by atoms with van der Waals surface area (Å²) in [6.07, 6.45) is 7.91. The molecular formula is C11H10I2N2. The number of nitrogens with zero attached hydrogens (tertiary/aromatic N) is 2. The Hall–Kier alpha value is 0.0200. The van der Waals surface area contributed by atoms with Gasteiger partial charge in [0.2, 0.25) is 0 Å². The van der Waals surface area contributed by atoms with Crippen LogP contribution in [0.3, 0.4) is 0 Å². The summed E-state index contributed by atoms with van der Waals surface area (Å²) in [4.78, 5) is 8.79. The molecule has 0 spiro atoms. The van der Waals surface area contributed by atoms with E-state index in [4.69, 9.17) is 0 Å². The van der Waals surface area contributed by atoms with Gasteiger partial charge in [0.05, 0.1) is 0 Å². The molecule has 2 aliphatic heterocycles. The van der Waals surface area contributed by atoms with Gasteiger partial charge in [-0.25, -0.2) is 4.99 Å². The number of hydrogen-bond donors (Lipinski definition) is 0. The van der Waals surface area contributed by atoms with Gasteiger partial charge in [-0.15, -0.1) is 0 Å². The first-order valence-electron chi connectivity index (χ1n) is 4.58. The average molecular weight is 424 g/mol. The van der Waals surface area contributed by atoms with Crippen molar-refractivity contribution in [3.8, 4) is 0 Å². The number of halogens is 2. The van der Waals surface area contributed by atoms with Crippen molar-refractivity contribution in [1.29, 1.82) is 0 Å². The fraction of sp³-hybridized carbons (Fsp3) is 0.273. The van der Waals surface area contributed by atoms with Crippen molar-refractivity contribution in [1.82, 2.24) is 0 Å². The number of fused-ring (bicyclic) bond motifs is 2. The number of allylic oxidation sites excluding steroid dienone is 4. The standard InChI is InChI=1S/C11H10I2N2/c1-11(2)7-5-9(12)15-10(13)8(11)3-4-14-6-7/h3-6H,1-2H3. The molecule has 0 saturated heterocycles. The molecule has 0 amide bonds. The predicted octanol–water partition coefficient (Wildman–Crippen LogP) is 4.03. The lowest BCUT2D eigenvalue weighted by Gasteiger charge is -2.25. The van der Waals surface area contributed by atoms with Crippen LogP contribution < -0.4 is 0 Å². The van der Waals surface area contributed by atoms with Gasteiger partial charge in [0.1, 0.15) is 7.42 Å². The van der Waals surface area contributed by atoms with Crippen LogP contribution >= 0.6 is 45.2 Å². The van der Waals surface area contributed by atoms with Gasteiger partial charge >= 0.3 is 0 Å². The van der Waals surface area contributed by atoms with E-state index in [1.54, 1.807) is 0 Å². The summed E-state index contributed by atoms with van der Waals surface area (Å²) in [6, 6.07) is 0. The minimum atomic E-state index is -0.0105. The highest BCUT2D eigenvalue weighted by Crippen LogP contribution is 2.41. The molecule has 0 aromatic carbocycles. The van der Waals surface area contributed by atoms with Crippen LogP contribution in [-0.4, -0.2) is 9.93 Å². The van der Waals surface area contributed by atoms with Crippen molar-refractivity contribution < 1.29 is 0 Å². The minimum Gasteiger partial charge on any atom is -0.264 e. The Morgan fingerprint density at radius 1 is 1.27 bits per heavy atom. The quantitative estimate of drug-likeness (QED) is 0.415. The van der Waals surface area contributed by atoms with E-state index in [1.807, 2.05) is 12.4 Å². The fourth-order valence-electron chi connectivity index (χ4n) is 1.63. The fourth-order valence-corrected chi connectivity index (χ4v) is 3.78. The van der Waals surface area contributed by atoms with Crippen LogP contribution in [0.4, 0.5) is 0 Å². The second kappa shape index (κ2) is 4.12. The van der Waals surface area contributed by atoms with E-state index in [9.17, 15) is 0 Å². The second-order valence-electron chi connectivity index (χ2n) is 3.96. The molecule has 0 saturated carbocycles. The van der Waals surface area contributed by atoms with E-state index in [0.717, 1.165) is 7.42 Å². The van der Waals surface area contributed by atoms with E-state index in [2.05, 4.69) is 81.2 Å². The first kappa shape index (κ1) is 11.5. The average Bonchev–Trinajstić information content (AvgIpc) is 2.30. The van der Waals surface area contributed by atoms with Crippen LogP contribution in [0.1, 0.15) is 13.8 Å². The Balaban J connectivity index is 2.74. The Bertz CT molecular complexity index is 451. The van der Waals surface area contributed by atoms with Crippen molar-refractivity contribution in [3.05, 3.63) is 33.2 Å². The highest BCUT2D eigenvalue weighted by molar-refractivity contribution is 14.1.